The zero-order valence-corrected chi connectivity index (χ0v) is 14.7. The Labute approximate surface area is 136 Å². The van der Waals surface area contributed by atoms with E-state index in [1.807, 2.05) is 14.1 Å². The molecule has 0 radical (unpaired) electrons. The summed E-state index contributed by atoms with van der Waals surface area (Å²) in [5.41, 5.74) is 1.41. The highest BCUT2D eigenvalue weighted by Crippen LogP contribution is 2.21. The number of rotatable bonds is 6. The van der Waals surface area contributed by atoms with Crippen molar-refractivity contribution >= 4 is 33.2 Å². The van der Waals surface area contributed by atoms with Gasteiger partial charge in [0.2, 0.25) is 0 Å². The topological polar surface area (TPSA) is 47.4 Å². The quantitative estimate of drug-likeness (QED) is 0.732. The standard InChI is InChI=1S/C14H18BrN3O2S/c1-4-20-14(19)12-6-16-18(3)13(12)8-17(2)7-11-5-10(15)9-21-11/h5-6,9H,4,7-8H2,1-3H3. The Morgan fingerprint density at radius 3 is 2.90 bits per heavy atom. The number of aryl methyl sites for hydroxylation is 1. The van der Waals surface area contributed by atoms with Crippen LogP contribution in [-0.2, 0) is 24.9 Å². The number of aromatic nitrogens is 2. The zero-order chi connectivity index (χ0) is 15.4. The van der Waals surface area contributed by atoms with E-state index in [1.54, 1.807) is 29.1 Å². The van der Waals surface area contributed by atoms with E-state index >= 15 is 0 Å². The molecule has 0 amide bonds. The lowest BCUT2D eigenvalue weighted by Gasteiger charge is -2.16. The zero-order valence-electron chi connectivity index (χ0n) is 12.3. The van der Waals surface area contributed by atoms with Crippen LogP contribution in [-0.4, -0.2) is 34.3 Å². The van der Waals surface area contributed by atoms with Gasteiger partial charge in [0.25, 0.3) is 0 Å². The van der Waals surface area contributed by atoms with Gasteiger partial charge in [0.1, 0.15) is 5.56 Å². The average molecular weight is 372 g/mol. The molecule has 0 bridgehead atoms. The summed E-state index contributed by atoms with van der Waals surface area (Å²) in [4.78, 5) is 15.3. The van der Waals surface area contributed by atoms with Crippen LogP contribution in [0.1, 0.15) is 27.9 Å². The molecule has 114 valence electrons. The van der Waals surface area contributed by atoms with E-state index in [2.05, 4.69) is 37.4 Å². The molecule has 2 heterocycles. The second kappa shape index (κ2) is 7.20. The van der Waals surface area contributed by atoms with Crippen molar-refractivity contribution in [2.75, 3.05) is 13.7 Å². The number of thiophene rings is 1. The summed E-state index contributed by atoms with van der Waals surface area (Å²) in [6.07, 6.45) is 1.57. The number of nitrogens with zero attached hydrogens (tertiary/aromatic N) is 3. The molecular formula is C14H18BrN3O2S. The van der Waals surface area contributed by atoms with Gasteiger partial charge in [0.05, 0.1) is 18.5 Å². The van der Waals surface area contributed by atoms with Crippen LogP contribution in [0.3, 0.4) is 0 Å². The number of carbonyl (C=O) groups excluding carboxylic acids is 1. The van der Waals surface area contributed by atoms with E-state index in [0.29, 0.717) is 18.7 Å². The molecule has 0 fully saturated rings. The van der Waals surface area contributed by atoms with Crippen molar-refractivity contribution in [3.63, 3.8) is 0 Å². The summed E-state index contributed by atoms with van der Waals surface area (Å²) < 4.78 is 7.90. The number of ether oxygens (including phenoxy) is 1. The first kappa shape index (κ1) is 16.2. The largest absolute Gasteiger partial charge is 0.462 e. The van der Waals surface area contributed by atoms with E-state index in [0.717, 1.165) is 16.7 Å². The van der Waals surface area contributed by atoms with E-state index in [4.69, 9.17) is 4.74 Å². The van der Waals surface area contributed by atoms with Gasteiger partial charge in [-0.1, -0.05) is 0 Å². The fraction of sp³-hybridized carbons (Fsp3) is 0.429. The molecule has 0 N–H and O–H groups in total. The lowest BCUT2D eigenvalue weighted by atomic mass is 10.2. The highest BCUT2D eigenvalue weighted by Gasteiger charge is 2.18. The summed E-state index contributed by atoms with van der Waals surface area (Å²) in [5, 5.41) is 6.24. The monoisotopic (exact) mass is 371 g/mol. The molecule has 7 heteroatoms. The van der Waals surface area contributed by atoms with Gasteiger partial charge in [-0.2, -0.15) is 5.10 Å². The molecule has 0 spiro atoms. The summed E-state index contributed by atoms with van der Waals surface area (Å²) in [6, 6.07) is 2.11. The summed E-state index contributed by atoms with van der Waals surface area (Å²) >= 11 is 5.17. The van der Waals surface area contributed by atoms with Gasteiger partial charge >= 0.3 is 5.97 Å². The third kappa shape index (κ3) is 4.15. The fourth-order valence-electron chi connectivity index (χ4n) is 2.04. The minimum absolute atomic E-state index is 0.312. The van der Waals surface area contributed by atoms with E-state index in [1.165, 1.54) is 4.88 Å². The molecule has 0 unspecified atom stereocenters. The SMILES string of the molecule is CCOC(=O)c1cnn(C)c1CN(C)Cc1cc(Br)cs1. The van der Waals surface area contributed by atoms with Gasteiger partial charge in [-0.3, -0.25) is 9.58 Å². The molecule has 0 saturated carbocycles. The van der Waals surface area contributed by atoms with Crippen molar-refractivity contribution in [3.05, 3.63) is 38.3 Å². The second-order valence-electron chi connectivity index (χ2n) is 4.75. The Kier molecular flexibility index (Phi) is 5.55. The summed E-state index contributed by atoms with van der Waals surface area (Å²) in [7, 11) is 3.86. The van der Waals surface area contributed by atoms with Crippen LogP contribution >= 0.6 is 27.3 Å². The van der Waals surface area contributed by atoms with Gasteiger partial charge < -0.3 is 4.74 Å². The molecule has 0 aromatic carbocycles. The predicted molar refractivity (Wildman–Crippen MR) is 86.4 cm³/mol. The Hall–Kier alpha value is -1.18. The summed E-state index contributed by atoms with van der Waals surface area (Å²) in [6.45, 7) is 3.63. The Bertz CT molecular complexity index is 624. The first-order valence-electron chi connectivity index (χ1n) is 6.60. The lowest BCUT2D eigenvalue weighted by molar-refractivity contribution is 0.0524. The van der Waals surface area contributed by atoms with Gasteiger partial charge in [-0.15, -0.1) is 11.3 Å². The van der Waals surface area contributed by atoms with Gasteiger partial charge in [-0.25, -0.2) is 4.79 Å². The van der Waals surface area contributed by atoms with Crippen LogP contribution in [0.5, 0.6) is 0 Å². The fourth-order valence-corrected chi connectivity index (χ4v) is 3.57. The Morgan fingerprint density at radius 1 is 1.52 bits per heavy atom. The molecule has 2 aromatic rings. The molecule has 0 aliphatic rings. The van der Waals surface area contributed by atoms with Crippen molar-refractivity contribution < 1.29 is 9.53 Å². The number of carbonyl (C=O) groups is 1. The third-order valence-electron chi connectivity index (χ3n) is 3.02. The lowest BCUT2D eigenvalue weighted by Crippen LogP contribution is -2.20. The van der Waals surface area contributed by atoms with E-state index in [9.17, 15) is 4.79 Å². The first-order valence-corrected chi connectivity index (χ1v) is 8.28. The second-order valence-corrected chi connectivity index (χ2v) is 6.66. The Balaban J connectivity index is 2.08. The Morgan fingerprint density at radius 2 is 2.29 bits per heavy atom. The van der Waals surface area contributed by atoms with Crippen molar-refractivity contribution in [2.24, 2.45) is 7.05 Å². The van der Waals surface area contributed by atoms with Gasteiger partial charge in [-0.05, 0) is 36.0 Å². The molecule has 2 rings (SSSR count). The maximum absolute atomic E-state index is 11.9. The van der Waals surface area contributed by atoms with Crippen LogP contribution in [0, 0.1) is 0 Å². The van der Waals surface area contributed by atoms with E-state index < -0.39 is 0 Å². The average Bonchev–Trinajstić information content (AvgIpc) is 2.97. The van der Waals surface area contributed by atoms with Crippen molar-refractivity contribution in [3.8, 4) is 0 Å². The minimum Gasteiger partial charge on any atom is -0.462 e. The smallest absolute Gasteiger partial charge is 0.341 e. The maximum atomic E-state index is 11.9. The summed E-state index contributed by atoms with van der Waals surface area (Å²) in [5.74, 6) is -0.312. The minimum atomic E-state index is -0.312. The number of hydrogen-bond donors (Lipinski definition) is 0. The van der Waals surface area contributed by atoms with Crippen LogP contribution in [0.4, 0.5) is 0 Å². The molecule has 21 heavy (non-hydrogen) atoms. The van der Waals surface area contributed by atoms with Crippen molar-refractivity contribution in [1.82, 2.24) is 14.7 Å². The van der Waals surface area contributed by atoms with Crippen LogP contribution < -0.4 is 0 Å². The highest BCUT2D eigenvalue weighted by molar-refractivity contribution is 9.10. The predicted octanol–water partition coefficient (Wildman–Crippen LogP) is 3.05. The van der Waals surface area contributed by atoms with Crippen LogP contribution in [0.15, 0.2) is 22.1 Å². The molecule has 2 aromatic heterocycles. The van der Waals surface area contributed by atoms with Crippen molar-refractivity contribution in [2.45, 2.75) is 20.0 Å². The molecule has 0 saturated heterocycles. The number of halogens is 1. The van der Waals surface area contributed by atoms with E-state index in [-0.39, 0.29) is 5.97 Å². The maximum Gasteiger partial charge on any atom is 0.341 e. The number of esters is 1. The first-order chi connectivity index (χ1) is 10.0. The molecule has 5 nitrogen and oxygen atoms in total. The highest BCUT2D eigenvalue weighted by atomic mass is 79.9. The van der Waals surface area contributed by atoms with Crippen LogP contribution in [0.25, 0.3) is 0 Å². The third-order valence-corrected chi connectivity index (χ3v) is 4.71. The molecule has 0 atom stereocenters. The van der Waals surface area contributed by atoms with Crippen molar-refractivity contribution in [1.29, 1.82) is 0 Å². The van der Waals surface area contributed by atoms with Crippen LogP contribution in [0.2, 0.25) is 0 Å². The molecule has 0 aliphatic carbocycles. The molecule has 0 aliphatic heterocycles. The van der Waals surface area contributed by atoms with Gasteiger partial charge in [0.15, 0.2) is 0 Å². The molecular weight excluding hydrogens is 354 g/mol. The normalized spacial score (nSPS) is 11.1. The number of hydrogen-bond acceptors (Lipinski definition) is 5. The van der Waals surface area contributed by atoms with Gasteiger partial charge in [0, 0.05) is 34.9 Å².